The molecule has 1 saturated heterocycles. The molecule has 1 N–H and O–H groups in total. The number of hydrogen-bond donors (Lipinski definition) is 1. The minimum Gasteiger partial charge on any atom is -0.496 e. The molecule has 0 amide bonds. The molecule has 33 heavy (non-hydrogen) atoms. The van der Waals surface area contributed by atoms with Gasteiger partial charge in [-0.3, -0.25) is 4.79 Å². The Morgan fingerprint density at radius 2 is 1.67 bits per heavy atom. The van der Waals surface area contributed by atoms with E-state index in [-0.39, 0.29) is 22.7 Å². The summed E-state index contributed by atoms with van der Waals surface area (Å²) in [5.74, 6) is 1.20. The van der Waals surface area contributed by atoms with Crippen molar-refractivity contribution in [2.24, 2.45) is 7.05 Å². The molecule has 1 aromatic carbocycles. The second-order valence-electron chi connectivity index (χ2n) is 10.1. The van der Waals surface area contributed by atoms with Crippen LogP contribution < -0.4 is 20.3 Å². The van der Waals surface area contributed by atoms with E-state index in [9.17, 15) is 4.79 Å². The van der Waals surface area contributed by atoms with Gasteiger partial charge < -0.3 is 19.4 Å². The van der Waals surface area contributed by atoms with Crippen LogP contribution in [0.4, 0.5) is 0 Å². The average Bonchev–Trinajstić information content (AvgIpc) is 2.73. The lowest BCUT2D eigenvalue weighted by Gasteiger charge is -2.46. The molecule has 174 valence electrons. The van der Waals surface area contributed by atoms with Gasteiger partial charge in [-0.15, -0.1) is 10.2 Å². The van der Waals surface area contributed by atoms with Crippen molar-refractivity contribution >= 4 is 0 Å². The van der Waals surface area contributed by atoms with Crippen molar-refractivity contribution in [2.75, 3.05) is 7.11 Å². The average molecular weight is 449 g/mol. The minimum atomic E-state index is -0.0598. The second-order valence-corrected chi connectivity index (χ2v) is 10.1. The van der Waals surface area contributed by atoms with Crippen molar-refractivity contribution in [3.8, 4) is 34.0 Å². The molecule has 7 heteroatoms. The Morgan fingerprint density at radius 3 is 2.27 bits per heavy atom. The van der Waals surface area contributed by atoms with Gasteiger partial charge in [-0.1, -0.05) is 6.07 Å². The Hall–Kier alpha value is -3.19. The SMILES string of the molecule is COc1ccc(-c2ccn(C)c(=O)c2)cc1-c1ccc(OC2CC(C)(C)NC(C)(C)C2)nn1. The number of nitrogens with one attached hydrogen (secondary N) is 1. The van der Waals surface area contributed by atoms with Crippen LogP contribution in [0.25, 0.3) is 22.4 Å². The van der Waals surface area contributed by atoms with Crippen LogP contribution >= 0.6 is 0 Å². The highest BCUT2D eigenvalue weighted by Crippen LogP contribution is 2.34. The number of benzene rings is 1. The van der Waals surface area contributed by atoms with Gasteiger partial charge in [0.1, 0.15) is 11.9 Å². The van der Waals surface area contributed by atoms with Gasteiger partial charge >= 0.3 is 0 Å². The number of piperidine rings is 1. The number of aryl methyl sites for hydroxylation is 1. The Kier molecular flexibility index (Phi) is 6.01. The van der Waals surface area contributed by atoms with E-state index < -0.39 is 0 Å². The fraction of sp³-hybridized carbons (Fsp3) is 0.423. The van der Waals surface area contributed by atoms with Gasteiger partial charge in [-0.05, 0) is 63.1 Å². The van der Waals surface area contributed by atoms with Crippen LogP contribution in [0.1, 0.15) is 40.5 Å². The molecule has 3 aromatic rings. The van der Waals surface area contributed by atoms with Crippen LogP contribution in [0, 0.1) is 0 Å². The quantitative estimate of drug-likeness (QED) is 0.630. The fourth-order valence-electron chi connectivity index (χ4n) is 4.83. The summed E-state index contributed by atoms with van der Waals surface area (Å²) in [4.78, 5) is 12.1. The topological polar surface area (TPSA) is 78.3 Å². The molecule has 3 heterocycles. The molecule has 0 aliphatic carbocycles. The Balaban J connectivity index is 1.59. The molecule has 0 bridgehead atoms. The third kappa shape index (κ3) is 5.25. The number of pyridine rings is 1. The van der Waals surface area contributed by atoms with Gasteiger partial charge in [0.05, 0.1) is 12.8 Å². The third-order valence-corrected chi connectivity index (χ3v) is 5.99. The zero-order valence-corrected chi connectivity index (χ0v) is 20.2. The summed E-state index contributed by atoms with van der Waals surface area (Å²) in [6.07, 6.45) is 3.62. The summed E-state index contributed by atoms with van der Waals surface area (Å²) in [7, 11) is 3.36. The van der Waals surface area contributed by atoms with Gasteiger partial charge in [-0.2, -0.15) is 0 Å². The standard InChI is InChI=1S/C26H32N4O3/c1-25(2)15-19(16-26(3,4)29-25)33-23-10-8-21(27-28-23)20-13-17(7-9-22(20)32-6)18-11-12-30(5)24(31)14-18/h7-14,19,29H,15-16H2,1-6H3. The summed E-state index contributed by atoms with van der Waals surface area (Å²) in [5, 5.41) is 12.4. The van der Waals surface area contributed by atoms with Crippen molar-refractivity contribution in [3.63, 3.8) is 0 Å². The molecular weight excluding hydrogens is 416 g/mol. The third-order valence-electron chi connectivity index (χ3n) is 5.99. The maximum absolute atomic E-state index is 12.1. The predicted molar refractivity (Wildman–Crippen MR) is 130 cm³/mol. The van der Waals surface area contributed by atoms with Crippen molar-refractivity contribution in [3.05, 3.63) is 59.0 Å². The van der Waals surface area contributed by atoms with Crippen LogP contribution in [0.2, 0.25) is 0 Å². The highest BCUT2D eigenvalue weighted by Gasteiger charge is 2.38. The van der Waals surface area contributed by atoms with Crippen LogP contribution in [-0.2, 0) is 7.05 Å². The van der Waals surface area contributed by atoms with Crippen molar-refractivity contribution in [2.45, 2.75) is 57.7 Å². The zero-order valence-electron chi connectivity index (χ0n) is 20.2. The first kappa shape index (κ1) is 23.0. The van der Waals surface area contributed by atoms with E-state index in [2.05, 4.69) is 43.2 Å². The van der Waals surface area contributed by atoms with E-state index in [1.165, 1.54) is 0 Å². The Labute approximate surface area is 194 Å². The smallest absolute Gasteiger partial charge is 0.250 e. The lowest BCUT2D eigenvalue weighted by Crippen LogP contribution is -2.60. The molecule has 0 unspecified atom stereocenters. The molecule has 0 spiro atoms. The van der Waals surface area contributed by atoms with E-state index >= 15 is 0 Å². The Bertz CT molecular complexity index is 1180. The summed E-state index contributed by atoms with van der Waals surface area (Å²) in [6, 6.07) is 13.1. The highest BCUT2D eigenvalue weighted by atomic mass is 16.5. The van der Waals surface area contributed by atoms with Gasteiger partial charge in [0.25, 0.3) is 5.56 Å². The number of methoxy groups -OCH3 is 1. The number of aromatic nitrogens is 3. The van der Waals surface area contributed by atoms with E-state index in [0.29, 0.717) is 17.3 Å². The minimum absolute atomic E-state index is 0.00791. The highest BCUT2D eigenvalue weighted by molar-refractivity contribution is 5.75. The molecule has 1 aliphatic rings. The van der Waals surface area contributed by atoms with Crippen LogP contribution in [0.5, 0.6) is 11.6 Å². The summed E-state index contributed by atoms with van der Waals surface area (Å²) in [5.41, 5.74) is 3.15. The summed E-state index contributed by atoms with van der Waals surface area (Å²) in [6.45, 7) is 8.78. The van der Waals surface area contributed by atoms with Crippen LogP contribution in [-0.4, -0.2) is 39.1 Å². The fourth-order valence-corrected chi connectivity index (χ4v) is 4.83. The molecule has 2 aromatic heterocycles. The lowest BCUT2D eigenvalue weighted by atomic mass is 9.81. The first-order valence-electron chi connectivity index (χ1n) is 11.2. The summed E-state index contributed by atoms with van der Waals surface area (Å²) < 4.78 is 13.3. The first-order chi connectivity index (χ1) is 15.5. The molecule has 7 nitrogen and oxygen atoms in total. The zero-order chi connectivity index (χ0) is 23.8. The first-order valence-corrected chi connectivity index (χ1v) is 11.2. The van der Waals surface area contributed by atoms with E-state index in [1.807, 2.05) is 36.4 Å². The van der Waals surface area contributed by atoms with Gasteiger partial charge in [0.2, 0.25) is 5.88 Å². The number of rotatable bonds is 5. The van der Waals surface area contributed by atoms with Gasteiger partial charge in [0, 0.05) is 54.9 Å². The number of ether oxygens (including phenoxy) is 2. The van der Waals surface area contributed by atoms with E-state index in [0.717, 1.165) is 29.5 Å². The number of nitrogens with zero attached hydrogens (tertiary/aromatic N) is 3. The van der Waals surface area contributed by atoms with Crippen molar-refractivity contribution < 1.29 is 9.47 Å². The largest absolute Gasteiger partial charge is 0.496 e. The molecule has 4 rings (SSSR count). The second kappa shape index (κ2) is 8.63. The maximum atomic E-state index is 12.1. The molecule has 0 atom stereocenters. The summed E-state index contributed by atoms with van der Waals surface area (Å²) >= 11 is 0. The van der Waals surface area contributed by atoms with Crippen molar-refractivity contribution in [1.82, 2.24) is 20.1 Å². The molecule has 0 radical (unpaired) electrons. The predicted octanol–water partition coefficient (Wildman–Crippen LogP) is 4.21. The van der Waals surface area contributed by atoms with Crippen LogP contribution in [0.3, 0.4) is 0 Å². The molecular formula is C26H32N4O3. The van der Waals surface area contributed by atoms with Crippen LogP contribution in [0.15, 0.2) is 53.5 Å². The molecule has 1 fully saturated rings. The van der Waals surface area contributed by atoms with Crippen molar-refractivity contribution in [1.29, 1.82) is 0 Å². The Morgan fingerprint density at radius 1 is 0.970 bits per heavy atom. The normalized spacial score (nSPS) is 17.5. The van der Waals surface area contributed by atoms with E-state index in [1.54, 1.807) is 31.0 Å². The lowest BCUT2D eigenvalue weighted by molar-refractivity contribution is 0.0524. The molecule has 1 aliphatic heterocycles. The van der Waals surface area contributed by atoms with Gasteiger partial charge in [0.15, 0.2) is 0 Å². The van der Waals surface area contributed by atoms with E-state index in [4.69, 9.17) is 9.47 Å². The monoisotopic (exact) mass is 448 g/mol. The molecule has 0 saturated carbocycles. The maximum Gasteiger partial charge on any atom is 0.250 e. The van der Waals surface area contributed by atoms with Gasteiger partial charge in [-0.25, -0.2) is 0 Å². The number of hydrogen-bond acceptors (Lipinski definition) is 6.